The van der Waals surface area contributed by atoms with Crippen molar-refractivity contribution in [1.29, 1.82) is 0 Å². The van der Waals surface area contributed by atoms with Crippen molar-refractivity contribution >= 4 is 5.82 Å². The minimum Gasteiger partial charge on any atom is -0.373 e. The molecule has 1 aliphatic rings. The molecule has 0 saturated carbocycles. The Morgan fingerprint density at radius 3 is 2.78 bits per heavy atom. The number of aryl methyl sites for hydroxylation is 1. The molecule has 0 amide bonds. The Balaban J connectivity index is 1.94. The van der Waals surface area contributed by atoms with E-state index in [2.05, 4.69) is 20.3 Å². The standard InChI is InChI=1S/C14H16N4/c1-15-14-11-3-2-4-12(11)17-13(18-14)9-10-5-7-16-8-6-10/h5-8H,2-4,9H2,1H3,(H,15,17,18). The van der Waals surface area contributed by atoms with E-state index in [4.69, 9.17) is 0 Å². The smallest absolute Gasteiger partial charge is 0.135 e. The van der Waals surface area contributed by atoms with Crippen molar-refractivity contribution in [3.63, 3.8) is 0 Å². The average Bonchev–Trinajstić information content (AvgIpc) is 2.87. The maximum atomic E-state index is 4.69. The first-order valence-electron chi connectivity index (χ1n) is 6.32. The fourth-order valence-corrected chi connectivity index (χ4v) is 2.45. The summed E-state index contributed by atoms with van der Waals surface area (Å²) in [6.45, 7) is 0. The van der Waals surface area contributed by atoms with Crippen LogP contribution in [0.5, 0.6) is 0 Å². The van der Waals surface area contributed by atoms with E-state index >= 15 is 0 Å². The van der Waals surface area contributed by atoms with E-state index in [1.165, 1.54) is 23.2 Å². The molecular formula is C14H16N4. The molecular weight excluding hydrogens is 224 g/mol. The molecule has 0 fully saturated rings. The first-order chi connectivity index (χ1) is 8.86. The molecule has 0 spiro atoms. The number of fused-ring (bicyclic) bond motifs is 1. The molecule has 1 aliphatic carbocycles. The Morgan fingerprint density at radius 1 is 1.17 bits per heavy atom. The van der Waals surface area contributed by atoms with Gasteiger partial charge in [-0.05, 0) is 37.0 Å². The molecule has 92 valence electrons. The molecule has 0 unspecified atom stereocenters. The monoisotopic (exact) mass is 240 g/mol. The molecule has 2 aromatic rings. The summed E-state index contributed by atoms with van der Waals surface area (Å²) in [7, 11) is 1.93. The highest BCUT2D eigenvalue weighted by Gasteiger charge is 2.18. The lowest BCUT2D eigenvalue weighted by Crippen LogP contribution is -2.06. The fourth-order valence-electron chi connectivity index (χ4n) is 2.45. The van der Waals surface area contributed by atoms with Crippen molar-refractivity contribution in [3.8, 4) is 0 Å². The minimum absolute atomic E-state index is 0.768. The number of pyridine rings is 1. The van der Waals surface area contributed by atoms with Gasteiger partial charge in [-0.25, -0.2) is 9.97 Å². The van der Waals surface area contributed by atoms with Gasteiger partial charge < -0.3 is 5.32 Å². The second-order valence-electron chi connectivity index (χ2n) is 4.55. The van der Waals surface area contributed by atoms with E-state index in [0.29, 0.717) is 0 Å². The molecule has 2 aromatic heterocycles. The van der Waals surface area contributed by atoms with Crippen molar-refractivity contribution in [2.24, 2.45) is 0 Å². The van der Waals surface area contributed by atoms with Crippen molar-refractivity contribution in [1.82, 2.24) is 15.0 Å². The molecule has 0 saturated heterocycles. The van der Waals surface area contributed by atoms with Crippen LogP contribution in [0, 0.1) is 0 Å². The first kappa shape index (κ1) is 11.1. The van der Waals surface area contributed by atoms with Crippen LogP contribution in [-0.4, -0.2) is 22.0 Å². The predicted octanol–water partition coefficient (Wildman–Crippen LogP) is 1.99. The molecule has 4 heteroatoms. The summed E-state index contributed by atoms with van der Waals surface area (Å²) in [6.07, 6.45) is 7.75. The van der Waals surface area contributed by atoms with Crippen LogP contribution >= 0.6 is 0 Å². The highest BCUT2D eigenvalue weighted by Crippen LogP contribution is 2.26. The van der Waals surface area contributed by atoms with Gasteiger partial charge in [-0.3, -0.25) is 4.98 Å². The fraction of sp³-hybridized carbons (Fsp3) is 0.357. The van der Waals surface area contributed by atoms with E-state index in [-0.39, 0.29) is 0 Å². The Kier molecular flexibility index (Phi) is 2.92. The third-order valence-electron chi connectivity index (χ3n) is 3.33. The van der Waals surface area contributed by atoms with Crippen LogP contribution in [0.2, 0.25) is 0 Å². The van der Waals surface area contributed by atoms with Crippen LogP contribution in [0.1, 0.15) is 29.1 Å². The Morgan fingerprint density at radius 2 is 2.00 bits per heavy atom. The summed E-state index contributed by atoms with van der Waals surface area (Å²) >= 11 is 0. The summed E-state index contributed by atoms with van der Waals surface area (Å²) in [5, 5.41) is 3.19. The zero-order chi connectivity index (χ0) is 12.4. The van der Waals surface area contributed by atoms with Gasteiger partial charge in [-0.15, -0.1) is 0 Å². The summed E-state index contributed by atoms with van der Waals surface area (Å²) in [5.74, 6) is 1.90. The van der Waals surface area contributed by atoms with Crippen LogP contribution in [0.25, 0.3) is 0 Å². The number of anilines is 1. The van der Waals surface area contributed by atoms with Crippen LogP contribution < -0.4 is 5.32 Å². The average molecular weight is 240 g/mol. The lowest BCUT2D eigenvalue weighted by Gasteiger charge is -2.09. The number of hydrogen-bond acceptors (Lipinski definition) is 4. The van der Waals surface area contributed by atoms with Crippen molar-refractivity contribution in [2.45, 2.75) is 25.7 Å². The summed E-state index contributed by atoms with van der Waals surface area (Å²) in [6, 6.07) is 4.02. The van der Waals surface area contributed by atoms with Crippen molar-refractivity contribution in [2.75, 3.05) is 12.4 Å². The Bertz CT molecular complexity index is 551. The number of hydrogen-bond donors (Lipinski definition) is 1. The zero-order valence-electron chi connectivity index (χ0n) is 10.5. The molecule has 2 heterocycles. The first-order valence-corrected chi connectivity index (χ1v) is 6.32. The number of nitrogens with zero attached hydrogens (tertiary/aromatic N) is 3. The number of aromatic nitrogens is 3. The van der Waals surface area contributed by atoms with Gasteiger partial charge in [0, 0.05) is 37.1 Å². The molecule has 0 bridgehead atoms. The number of rotatable bonds is 3. The summed E-state index contributed by atoms with van der Waals surface area (Å²) in [5.41, 5.74) is 3.72. The molecule has 3 rings (SSSR count). The molecule has 0 aliphatic heterocycles. The van der Waals surface area contributed by atoms with Crippen LogP contribution in [0.3, 0.4) is 0 Å². The lowest BCUT2D eigenvalue weighted by atomic mass is 10.1. The topological polar surface area (TPSA) is 50.7 Å². The highest BCUT2D eigenvalue weighted by molar-refractivity contribution is 5.48. The van der Waals surface area contributed by atoms with E-state index < -0.39 is 0 Å². The molecule has 18 heavy (non-hydrogen) atoms. The second kappa shape index (κ2) is 4.72. The minimum atomic E-state index is 0.768. The molecule has 0 radical (unpaired) electrons. The predicted molar refractivity (Wildman–Crippen MR) is 70.6 cm³/mol. The normalized spacial score (nSPS) is 13.4. The van der Waals surface area contributed by atoms with Gasteiger partial charge >= 0.3 is 0 Å². The van der Waals surface area contributed by atoms with Crippen molar-refractivity contribution < 1.29 is 0 Å². The lowest BCUT2D eigenvalue weighted by molar-refractivity contribution is 0.885. The quantitative estimate of drug-likeness (QED) is 0.891. The maximum absolute atomic E-state index is 4.69. The largest absolute Gasteiger partial charge is 0.373 e. The highest BCUT2D eigenvalue weighted by atomic mass is 15.0. The van der Waals surface area contributed by atoms with E-state index in [0.717, 1.165) is 30.9 Å². The van der Waals surface area contributed by atoms with E-state index in [1.807, 2.05) is 31.6 Å². The van der Waals surface area contributed by atoms with E-state index in [9.17, 15) is 0 Å². The third-order valence-corrected chi connectivity index (χ3v) is 3.33. The van der Waals surface area contributed by atoms with Gasteiger partial charge in [0.25, 0.3) is 0 Å². The Labute approximate surface area is 107 Å². The SMILES string of the molecule is CNc1nc(Cc2ccncc2)nc2c1CCC2. The van der Waals surface area contributed by atoms with E-state index in [1.54, 1.807) is 0 Å². The molecule has 0 atom stereocenters. The van der Waals surface area contributed by atoms with Gasteiger partial charge in [0.1, 0.15) is 11.6 Å². The van der Waals surface area contributed by atoms with Crippen LogP contribution in [0.15, 0.2) is 24.5 Å². The second-order valence-corrected chi connectivity index (χ2v) is 4.55. The molecule has 0 aromatic carbocycles. The van der Waals surface area contributed by atoms with Gasteiger partial charge in [0.2, 0.25) is 0 Å². The Hall–Kier alpha value is -1.97. The van der Waals surface area contributed by atoms with Crippen molar-refractivity contribution in [3.05, 3.63) is 47.2 Å². The van der Waals surface area contributed by atoms with Gasteiger partial charge in [-0.2, -0.15) is 0 Å². The van der Waals surface area contributed by atoms with Gasteiger partial charge in [-0.1, -0.05) is 0 Å². The maximum Gasteiger partial charge on any atom is 0.135 e. The van der Waals surface area contributed by atoms with Crippen LogP contribution in [0.4, 0.5) is 5.82 Å². The summed E-state index contributed by atoms with van der Waals surface area (Å²) in [4.78, 5) is 13.3. The third kappa shape index (κ3) is 2.06. The molecule has 1 N–H and O–H groups in total. The summed E-state index contributed by atoms with van der Waals surface area (Å²) < 4.78 is 0. The van der Waals surface area contributed by atoms with Gasteiger partial charge in [0.15, 0.2) is 0 Å². The molecule has 4 nitrogen and oxygen atoms in total. The number of nitrogens with one attached hydrogen (secondary N) is 1. The van der Waals surface area contributed by atoms with Gasteiger partial charge in [0.05, 0.1) is 0 Å². The van der Waals surface area contributed by atoms with Crippen LogP contribution in [-0.2, 0) is 19.3 Å². The zero-order valence-corrected chi connectivity index (χ0v) is 10.5.